The van der Waals surface area contributed by atoms with Gasteiger partial charge in [0.25, 0.3) is 5.91 Å². The van der Waals surface area contributed by atoms with E-state index < -0.39 is 0 Å². The lowest BCUT2D eigenvalue weighted by atomic mass is 10.1. The molecule has 2 aromatic carbocycles. The highest BCUT2D eigenvalue weighted by molar-refractivity contribution is 7.17. The maximum absolute atomic E-state index is 13.5. The number of hydrogen-bond donors (Lipinski definition) is 0. The maximum Gasteiger partial charge on any atom is 0.258 e. The molecule has 1 amide bonds. The Hall–Kier alpha value is -3.42. The van der Waals surface area contributed by atoms with Crippen LogP contribution in [0.25, 0.3) is 10.3 Å². The summed E-state index contributed by atoms with van der Waals surface area (Å²) >= 11 is 1.30. The van der Waals surface area contributed by atoms with Crippen molar-refractivity contribution in [1.29, 1.82) is 0 Å². The summed E-state index contributed by atoms with van der Waals surface area (Å²) in [5.74, 6) is 0.367. The monoisotopic (exact) mass is 446 g/mol. The number of benzene rings is 2. The minimum absolute atomic E-state index is 0.101. The van der Waals surface area contributed by atoms with E-state index in [2.05, 4.69) is 0 Å². The van der Waals surface area contributed by atoms with Gasteiger partial charge in [-0.05, 0) is 17.7 Å². The average Bonchev–Trinajstić information content (AvgIpc) is 3.28. The zero-order chi connectivity index (χ0) is 21.9. The van der Waals surface area contributed by atoms with Crippen molar-refractivity contribution in [2.24, 2.45) is 0 Å². The van der Waals surface area contributed by atoms with Crippen molar-refractivity contribution in [3.8, 4) is 0 Å². The van der Waals surface area contributed by atoms with Gasteiger partial charge in [-0.3, -0.25) is 14.5 Å². The number of fused-ring (bicyclic) bond motifs is 1. The molecule has 0 aliphatic carbocycles. The second-order valence-electron chi connectivity index (χ2n) is 7.57. The van der Waals surface area contributed by atoms with E-state index in [-0.39, 0.29) is 11.3 Å². The second-order valence-corrected chi connectivity index (χ2v) is 8.45. The van der Waals surface area contributed by atoms with Crippen molar-refractivity contribution in [2.45, 2.75) is 6.54 Å². The molecule has 0 atom stereocenters. The van der Waals surface area contributed by atoms with E-state index in [1.807, 2.05) is 58.8 Å². The minimum atomic E-state index is -0.145. The van der Waals surface area contributed by atoms with Gasteiger partial charge in [-0.2, -0.15) is 0 Å². The maximum atomic E-state index is 13.5. The first kappa shape index (κ1) is 20.5. The molecule has 4 aromatic rings. The van der Waals surface area contributed by atoms with Crippen LogP contribution >= 0.6 is 11.3 Å². The summed E-state index contributed by atoms with van der Waals surface area (Å²) in [5, 5.41) is 1.84. The molecule has 1 fully saturated rings. The molecule has 1 saturated heterocycles. The Morgan fingerprint density at radius 1 is 1.00 bits per heavy atom. The van der Waals surface area contributed by atoms with Crippen molar-refractivity contribution in [3.63, 3.8) is 0 Å². The van der Waals surface area contributed by atoms with Gasteiger partial charge in [0.15, 0.2) is 11.5 Å². The van der Waals surface area contributed by atoms with E-state index in [4.69, 9.17) is 9.15 Å². The molecule has 1 aliphatic rings. The van der Waals surface area contributed by atoms with Crippen molar-refractivity contribution < 1.29 is 13.9 Å². The Kier molecular flexibility index (Phi) is 5.75. The molecule has 0 bridgehead atoms. The fourth-order valence-corrected chi connectivity index (χ4v) is 4.71. The van der Waals surface area contributed by atoms with Crippen LogP contribution < -0.4 is 15.2 Å². The van der Waals surface area contributed by atoms with Gasteiger partial charge in [-0.25, -0.2) is 0 Å². The lowest BCUT2D eigenvalue weighted by molar-refractivity contribution is 0.0985. The van der Waals surface area contributed by atoms with Crippen molar-refractivity contribution >= 4 is 39.1 Å². The van der Waals surface area contributed by atoms with Crippen molar-refractivity contribution in [3.05, 3.63) is 93.5 Å². The van der Waals surface area contributed by atoms with Crippen LogP contribution in [-0.2, 0) is 11.3 Å². The van der Waals surface area contributed by atoms with Gasteiger partial charge in [0.1, 0.15) is 4.70 Å². The Morgan fingerprint density at radius 2 is 1.69 bits per heavy atom. The number of nitrogens with zero attached hydrogens (tertiary/aromatic N) is 2. The SMILES string of the molecule is O=C(c1ccccc1)N(Cc1ccccc1)c1csc2c(=O)cc(N3CCOCC3)oc12. The molecular weight excluding hydrogens is 424 g/mol. The molecule has 3 heterocycles. The number of thiophene rings is 1. The van der Waals surface area contributed by atoms with E-state index in [1.54, 1.807) is 17.0 Å². The van der Waals surface area contributed by atoms with E-state index >= 15 is 0 Å². The van der Waals surface area contributed by atoms with Gasteiger partial charge < -0.3 is 14.1 Å². The summed E-state index contributed by atoms with van der Waals surface area (Å²) in [4.78, 5) is 30.1. The van der Waals surface area contributed by atoms with Crippen LogP contribution in [0.5, 0.6) is 0 Å². The van der Waals surface area contributed by atoms with Crippen LogP contribution in [0.2, 0.25) is 0 Å². The Morgan fingerprint density at radius 3 is 2.41 bits per heavy atom. The van der Waals surface area contributed by atoms with Crippen LogP contribution in [-0.4, -0.2) is 32.2 Å². The predicted octanol–water partition coefficient (Wildman–Crippen LogP) is 4.54. The third-order valence-corrected chi connectivity index (χ3v) is 6.44. The van der Waals surface area contributed by atoms with Crippen LogP contribution in [0.1, 0.15) is 15.9 Å². The van der Waals surface area contributed by atoms with Crippen LogP contribution in [0.4, 0.5) is 11.6 Å². The first-order chi connectivity index (χ1) is 15.7. The zero-order valence-electron chi connectivity index (χ0n) is 17.4. The smallest absolute Gasteiger partial charge is 0.258 e. The van der Waals surface area contributed by atoms with Gasteiger partial charge in [-0.1, -0.05) is 48.5 Å². The molecule has 1 aliphatic heterocycles. The van der Waals surface area contributed by atoms with Gasteiger partial charge in [0.2, 0.25) is 5.43 Å². The number of ether oxygens (including phenoxy) is 1. The summed E-state index contributed by atoms with van der Waals surface area (Å²) in [6.45, 7) is 2.86. The quantitative estimate of drug-likeness (QED) is 0.450. The molecule has 2 aromatic heterocycles. The highest BCUT2D eigenvalue weighted by Gasteiger charge is 2.25. The molecule has 6 nitrogen and oxygen atoms in total. The number of amides is 1. The Bertz CT molecular complexity index is 1280. The highest BCUT2D eigenvalue weighted by atomic mass is 32.1. The van der Waals surface area contributed by atoms with Gasteiger partial charge in [-0.15, -0.1) is 11.3 Å². The number of morpholine rings is 1. The average molecular weight is 447 g/mol. The molecule has 162 valence electrons. The highest BCUT2D eigenvalue weighted by Crippen LogP contribution is 2.35. The lowest BCUT2D eigenvalue weighted by Crippen LogP contribution is -2.36. The minimum Gasteiger partial charge on any atom is -0.437 e. The standard InChI is InChI=1S/C25H22N2O4S/c28-21-15-22(26-11-13-30-14-12-26)31-23-20(17-32-24(21)23)27(16-18-7-3-1-4-8-18)25(29)19-9-5-2-6-10-19/h1-10,15,17H,11-14,16H2. The number of carbonyl (C=O) groups excluding carboxylic acids is 1. The third kappa shape index (κ3) is 4.04. The summed E-state index contributed by atoms with van der Waals surface area (Å²) in [6, 6.07) is 20.5. The predicted molar refractivity (Wildman–Crippen MR) is 127 cm³/mol. The topological polar surface area (TPSA) is 63.0 Å². The fraction of sp³-hybridized carbons (Fsp3) is 0.200. The summed E-state index contributed by atoms with van der Waals surface area (Å²) in [6.07, 6.45) is 0. The molecule has 0 unspecified atom stereocenters. The van der Waals surface area contributed by atoms with Crippen LogP contribution in [0.15, 0.2) is 81.3 Å². The summed E-state index contributed by atoms with van der Waals surface area (Å²) in [5.41, 5.74) is 2.52. The Balaban J connectivity index is 1.61. The van der Waals surface area contributed by atoms with E-state index in [9.17, 15) is 9.59 Å². The first-order valence-corrected chi connectivity index (χ1v) is 11.4. The molecular formula is C25H22N2O4S. The molecule has 0 saturated carbocycles. The van der Waals surface area contributed by atoms with Crippen LogP contribution in [0, 0.1) is 0 Å². The fourth-order valence-electron chi connectivity index (χ4n) is 3.81. The summed E-state index contributed by atoms with van der Waals surface area (Å²) < 4.78 is 12.2. The second kappa shape index (κ2) is 8.98. The van der Waals surface area contributed by atoms with E-state index in [0.29, 0.717) is 60.3 Å². The van der Waals surface area contributed by atoms with E-state index in [1.165, 1.54) is 17.4 Å². The van der Waals surface area contributed by atoms with Crippen molar-refractivity contribution in [2.75, 3.05) is 36.1 Å². The molecule has 0 N–H and O–H groups in total. The van der Waals surface area contributed by atoms with Gasteiger partial charge in [0, 0.05) is 30.1 Å². The molecule has 0 radical (unpaired) electrons. The third-order valence-electron chi connectivity index (χ3n) is 5.48. The number of carbonyl (C=O) groups is 1. The van der Waals surface area contributed by atoms with Gasteiger partial charge >= 0.3 is 0 Å². The normalized spacial score (nSPS) is 13.9. The van der Waals surface area contributed by atoms with E-state index in [0.717, 1.165) is 5.56 Å². The molecule has 32 heavy (non-hydrogen) atoms. The molecule has 7 heteroatoms. The first-order valence-electron chi connectivity index (χ1n) is 10.5. The van der Waals surface area contributed by atoms with Gasteiger partial charge in [0.05, 0.1) is 25.4 Å². The number of hydrogen-bond acceptors (Lipinski definition) is 6. The zero-order valence-corrected chi connectivity index (χ0v) is 18.2. The number of anilines is 2. The largest absolute Gasteiger partial charge is 0.437 e. The lowest BCUT2D eigenvalue weighted by Gasteiger charge is -2.27. The number of rotatable bonds is 5. The van der Waals surface area contributed by atoms with Crippen molar-refractivity contribution in [1.82, 2.24) is 0 Å². The van der Waals surface area contributed by atoms with Crippen LogP contribution in [0.3, 0.4) is 0 Å². The Labute approximate surface area is 189 Å². The molecule has 5 rings (SSSR count). The summed E-state index contributed by atoms with van der Waals surface area (Å²) in [7, 11) is 0. The molecule has 0 spiro atoms.